The van der Waals surface area contributed by atoms with Crippen molar-refractivity contribution in [3.8, 4) is 23.0 Å². The molecule has 11 nitrogen and oxygen atoms in total. The molecule has 0 spiro atoms. The first kappa shape index (κ1) is 26.0. The van der Waals surface area contributed by atoms with E-state index in [4.69, 9.17) is 28.4 Å². The summed E-state index contributed by atoms with van der Waals surface area (Å²) in [5, 5.41) is 49.7. The van der Waals surface area contributed by atoms with Gasteiger partial charge in [-0.1, -0.05) is 12.1 Å². The van der Waals surface area contributed by atoms with Crippen LogP contribution in [0.25, 0.3) is 0 Å². The van der Waals surface area contributed by atoms with Crippen molar-refractivity contribution >= 4 is 0 Å². The number of aliphatic hydroxyl groups is 4. The molecule has 0 radical (unpaired) electrons. The summed E-state index contributed by atoms with van der Waals surface area (Å²) >= 11 is 0. The standard InChI is InChI=1S/C26H32O11/c1-32-18-7-12(3-5-16(18)28)24-14-10-35-25(15(14)11-34-24)13-4-6-17(19(8-13)33-2)36-26-23(31)22(30)21(29)20(9-27)37-26/h3-8,14-15,20-31H,9-11H2,1-2H3/t14-,15-,20+,21+,22-,23+,24+,25+,26+/m0/s1. The first-order valence-corrected chi connectivity index (χ1v) is 12.1. The van der Waals surface area contributed by atoms with Crippen molar-refractivity contribution in [2.45, 2.75) is 42.9 Å². The van der Waals surface area contributed by atoms with E-state index in [9.17, 15) is 25.5 Å². The number of fused-ring (bicyclic) bond motifs is 1. The molecule has 0 aromatic heterocycles. The molecule has 0 bridgehead atoms. The minimum Gasteiger partial charge on any atom is -0.504 e. The van der Waals surface area contributed by atoms with Gasteiger partial charge in [0.25, 0.3) is 0 Å². The molecule has 37 heavy (non-hydrogen) atoms. The Bertz CT molecular complexity index is 1090. The van der Waals surface area contributed by atoms with Crippen LogP contribution in [-0.2, 0) is 14.2 Å². The highest BCUT2D eigenvalue weighted by Gasteiger charge is 2.49. The van der Waals surface area contributed by atoms with E-state index in [0.29, 0.717) is 24.7 Å². The Hall–Kier alpha value is -2.64. The van der Waals surface area contributed by atoms with Gasteiger partial charge in [0.1, 0.15) is 24.4 Å². The van der Waals surface area contributed by atoms with Crippen LogP contribution in [0.4, 0.5) is 0 Å². The number of phenolic OH excluding ortho intramolecular Hbond substituents is 1. The number of methoxy groups -OCH3 is 2. The van der Waals surface area contributed by atoms with E-state index in [0.717, 1.165) is 11.1 Å². The molecule has 2 aromatic rings. The Morgan fingerprint density at radius 3 is 1.97 bits per heavy atom. The third-order valence-electron chi connectivity index (χ3n) is 7.40. The summed E-state index contributed by atoms with van der Waals surface area (Å²) in [6.45, 7) is 0.436. The SMILES string of the molecule is COc1cc([C@H]2OC[C@H]3[C@@H]2CO[C@@H]3c2ccc(O[C@@H]3O[C@H](CO)[C@@H](O)[C@H](O)[C@H]3O)c(OC)c2)ccc1O. The highest BCUT2D eigenvalue weighted by molar-refractivity contribution is 5.45. The molecule has 5 N–H and O–H groups in total. The number of hydrogen-bond acceptors (Lipinski definition) is 11. The second-order valence-corrected chi connectivity index (χ2v) is 9.49. The van der Waals surface area contributed by atoms with E-state index in [-0.39, 0.29) is 35.5 Å². The van der Waals surface area contributed by atoms with Crippen molar-refractivity contribution in [1.82, 2.24) is 0 Å². The van der Waals surface area contributed by atoms with Crippen molar-refractivity contribution < 1.29 is 54.0 Å². The topological polar surface area (TPSA) is 157 Å². The van der Waals surface area contributed by atoms with E-state index in [2.05, 4.69) is 0 Å². The Morgan fingerprint density at radius 1 is 0.784 bits per heavy atom. The van der Waals surface area contributed by atoms with Crippen molar-refractivity contribution in [2.24, 2.45) is 11.8 Å². The van der Waals surface area contributed by atoms with Gasteiger partial charge in [0, 0.05) is 11.8 Å². The molecule has 202 valence electrons. The lowest BCUT2D eigenvalue weighted by Crippen LogP contribution is -2.60. The van der Waals surface area contributed by atoms with Gasteiger partial charge in [0.2, 0.25) is 6.29 Å². The van der Waals surface area contributed by atoms with Crippen LogP contribution < -0.4 is 14.2 Å². The third kappa shape index (κ3) is 4.72. The van der Waals surface area contributed by atoms with Crippen molar-refractivity contribution in [1.29, 1.82) is 0 Å². The molecular weight excluding hydrogens is 488 g/mol. The quantitative estimate of drug-likeness (QED) is 0.349. The lowest BCUT2D eigenvalue weighted by atomic mass is 9.85. The fraction of sp³-hybridized carbons (Fsp3) is 0.538. The molecule has 0 aliphatic carbocycles. The highest BCUT2D eigenvalue weighted by atomic mass is 16.7. The van der Waals surface area contributed by atoms with Crippen LogP contribution in [0, 0.1) is 11.8 Å². The average Bonchev–Trinajstić information content (AvgIpc) is 3.52. The van der Waals surface area contributed by atoms with Crippen LogP contribution in [0.1, 0.15) is 23.3 Å². The predicted molar refractivity (Wildman–Crippen MR) is 126 cm³/mol. The fourth-order valence-electron chi connectivity index (χ4n) is 5.35. The van der Waals surface area contributed by atoms with Crippen LogP contribution in [0.15, 0.2) is 36.4 Å². The smallest absolute Gasteiger partial charge is 0.229 e. The lowest BCUT2D eigenvalue weighted by Gasteiger charge is -2.39. The number of rotatable bonds is 7. The van der Waals surface area contributed by atoms with Gasteiger partial charge in [-0.05, 0) is 35.4 Å². The highest BCUT2D eigenvalue weighted by Crippen LogP contribution is 2.51. The summed E-state index contributed by atoms with van der Waals surface area (Å²) in [5.74, 6) is 1.27. The Morgan fingerprint density at radius 2 is 1.38 bits per heavy atom. The van der Waals surface area contributed by atoms with Gasteiger partial charge in [-0.2, -0.15) is 0 Å². The molecule has 2 aromatic carbocycles. The molecule has 3 heterocycles. The van der Waals surface area contributed by atoms with Crippen LogP contribution in [0.5, 0.6) is 23.0 Å². The maximum absolute atomic E-state index is 10.3. The normalized spacial score (nSPS) is 35.2. The fourth-order valence-corrected chi connectivity index (χ4v) is 5.35. The van der Waals surface area contributed by atoms with Gasteiger partial charge in [0.05, 0.1) is 46.2 Å². The maximum atomic E-state index is 10.3. The molecule has 0 saturated carbocycles. The summed E-state index contributed by atoms with van der Waals surface area (Å²) in [5.41, 5.74) is 1.77. The van der Waals surface area contributed by atoms with Crippen LogP contribution in [0.3, 0.4) is 0 Å². The zero-order valence-corrected chi connectivity index (χ0v) is 20.5. The summed E-state index contributed by atoms with van der Waals surface area (Å²) in [4.78, 5) is 0. The summed E-state index contributed by atoms with van der Waals surface area (Å²) in [6.07, 6.45) is -7.41. The van der Waals surface area contributed by atoms with Crippen LogP contribution in [-0.4, -0.2) is 90.3 Å². The molecule has 0 amide bonds. The Labute approximate surface area is 213 Å². The largest absolute Gasteiger partial charge is 0.504 e. The lowest BCUT2D eigenvalue weighted by molar-refractivity contribution is -0.277. The molecule has 3 aliphatic rings. The molecular formula is C26H32O11. The summed E-state index contributed by atoms with van der Waals surface area (Å²) in [7, 11) is 2.98. The first-order valence-electron chi connectivity index (χ1n) is 12.1. The van der Waals surface area contributed by atoms with E-state index in [1.54, 1.807) is 24.3 Å². The van der Waals surface area contributed by atoms with Gasteiger partial charge in [0.15, 0.2) is 23.0 Å². The predicted octanol–water partition coefficient (Wildman–Crippen LogP) is 0.663. The molecule has 3 saturated heterocycles. The number of aliphatic hydroxyl groups excluding tert-OH is 4. The third-order valence-corrected chi connectivity index (χ3v) is 7.40. The molecule has 3 fully saturated rings. The Balaban J connectivity index is 1.32. The number of benzene rings is 2. The molecule has 9 atom stereocenters. The molecule has 3 aliphatic heterocycles. The van der Waals surface area contributed by atoms with Gasteiger partial charge >= 0.3 is 0 Å². The van der Waals surface area contributed by atoms with Gasteiger partial charge in [-0.15, -0.1) is 0 Å². The zero-order valence-electron chi connectivity index (χ0n) is 20.5. The van der Waals surface area contributed by atoms with E-state index < -0.39 is 37.3 Å². The molecule has 11 heteroatoms. The molecule has 0 unspecified atom stereocenters. The number of ether oxygens (including phenoxy) is 6. The van der Waals surface area contributed by atoms with Gasteiger partial charge < -0.3 is 54.0 Å². The monoisotopic (exact) mass is 520 g/mol. The van der Waals surface area contributed by atoms with Crippen LogP contribution in [0.2, 0.25) is 0 Å². The average molecular weight is 521 g/mol. The first-order chi connectivity index (χ1) is 17.9. The summed E-state index contributed by atoms with van der Waals surface area (Å²) < 4.78 is 34.3. The number of aromatic hydroxyl groups is 1. The molecule has 5 rings (SSSR count). The van der Waals surface area contributed by atoms with Crippen LogP contribution >= 0.6 is 0 Å². The second kappa shape index (κ2) is 10.6. The zero-order chi connectivity index (χ0) is 26.3. The van der Waals surface area contributed by atoms with Gasteiger partial charge in [-0.3, -0.25) is 0 Å². The Kier molecular flexibility index (Phi) is 7.46. The second-order valence-electron chi connectivity index (χ2n) is 9.49. The van der Waals surface area contributed by atoms with Crippen molar-refractivity contribution in [2.75, 3.05) is 34.0 Å². The van der Waals surface area contributed by atoms with E-state index in [1.807, 2.05) is 12.1 Å². The minimum atomic E-state index is -1.55. The minimum absolute atomic E-state index is 0.0689. The van der Waals surface area contributed by atoms with Crippen molar-refractivity contribution in [3.05, 3.63) is 47.5 Å². The van der Waals surface area contributed by atoms with Gasteiger partial charge in [-0.25, -0.2) is 0 Å². The van der Waals surface area contributed by atoms with E-state index in [1.165, 1.54) is 14.2 Å². The van der Waals surface area contributed by atoms with E-state index >= 15 is 0 Å². The maximum Gasteiger partial charge on any atom is 0.229 e. The van der Waals surface area contributed by atoms with Crippen molar-refractivity contribution in [3.63, 3.8) is 0 Å². The number of phenols is 1. The summed E-state index contributed by atoms with van der Waals surface area (Å²) in [6, 6.07) is 10.5. The number of hydrogen-bond donors (Lipinski definition) is 5.